The van der Waals surface area contributed by atoms with Gasteiger partial charge in [0.25, 0.3) is 10.0 Å². The van der Waals surface area contributed by atoms with Crippen LogP contribution in [0.3, 0.4) is 0 Å². The Balaban J connectivity index is 2.39. The molecule has 5 nitrogen and oxygen atoms in total. The summed E-state index contributed by atoms with van der Waals surface area (Å²) in [6.07, 6.45) is 0. The van der Waals surface area contributed by atoms with Crippen molar-refractivity contribution < 1.29 is 8.42 Å². The average Bonchev–Trinajstić information content (AvgIpc) is 2.60. The third kappa shape index (κ3) is 2.38. The predicted molar refractivity (Wildman–Crippen MR) is 70.0 cm³/mol. The molecule has 0 aliphatic rings. The molecule has 0 bridgehead atoms. The maximum Gasteiger partial charge on any atom is 0.262 e. The minimum absolute atomic E-state index is 0.252. The van der Waals surface area contributed by atoms with Crippen molar-refractivity contribution in [1.82, 2.24) is 10.2 Å². The van der Waals surface area contributed by atoms with Crippen LogP contribution < -0.4 is 4.72 Å². The topological polar surface area (TPSA) is 74.8 Å². The van der Waals surface area contributed by atoms with E-state index in [2.05, 4.69) is 14.9 Å². The summed E-state index contributed by atoms with van der Waals surface area (Å²) in [6.45, 7) is 5.37. The summed E-state index contributed by atoms with van der Waals surface area (Å²) in [7, 11) is -3.56. The number of sulfonamides is 1. The van der Waals surface area contributed by atoms with Crippen molar-refractivity contribution in [2.45, 2.75) is 25.7 Å². The molecule has 0 aliphatic carbocycles. The van der Waals surface area contributed by atoms with Crippen molar-refractivity contribution in [2.24, 2.45) is 0 Å². The Morgan fingerprint density at radius 1 is 1.22 bits per heavy atom. The highest BCUT2D eigenvalue weighted by Gasteiger charge is 2.17. The third-order valence-electron chi connectivity index (χ3n) is 2.66. The monoisotopic (exact) mass is 265 g/mol. The van der Waals surface area contributed by atoms with Gasteiger partial charge in [-0.3, -0.25) is 9.82 Å². The quantitative estimate of drug-likeness (QED) is 0.892. The van der Waals surface area contributed by atoms with Crippen LogP contribution in [0.2, 0.25) is 0 Å². The summed E-state index contributed by atoms with van der Waals surface area (Å²) in [4.78, 5) is 0.252. The van der Waals surface area contributed by atoms with Crippen molar-refractivity contribution in [3.05, 3.63) is 41.2 Å². The van der Waals surface area contributed by atoms with E-state index in [0.29, 0.717) is 17.1 Å². The van der Waals surface area contributed by atoms with Gasteiger partial charge in [-0.15, -0.1) is 0 Å². The molecule has 0 fully saturated rings. The van der Waals surface area contributed by atoms with Gasteiger partial charge in [-0.25, -0.2) is 8.42 Å². The van der Waals surface area contributed by atoms with Crippen LogP contribution in [0.4, 0.5) is 5.69 Å². The number of benzene rings is 1. The molecule has 1 aromatic heterocycles. The largest absolute Gasteiger partial charge is 0.280 e. The van der Waals surface area contributed by atoms with Crippen molar-refractivity contribution in [1.29, 1.82) is 0 Å². The minimum atomic E-state index is -3.56. The highest BCUT2D eigenvalue weighted by molar-refractivity contribution is 7.92. The molecule has 0 radical (unpaired) electrons. The molecule has 0 saturated heterocycles. The van der Waals surface area contributed by atoms with E-state index in [-0.39, 0.29) is 4.90 Å². The lowest BCUT2D eigenvalue weighted by atomic mass is 10.2. The van der Waals surface area contributed by atoms with Gasteiger partial charge in [0.05, 0.1) is 22.0 Å². The van der Waals surface area contributed by atoms with Crippen LogP contribution in [-0.4, -0.2) is 18.6 Å². The Bertz CT molecular complexity index is 655. The summed E-state index contributed by atoms with van der Waals surface area (Å²) >= 11 is 0. The van der Waals surface area contributed by atoms with E-state index in [4.69, 9.17) is 0 Å². The molecule has 2 N–H and O–H groups in total. The van der Waals surface area contributed by atoms with Crippen molar-refractivity contribution in [3.8, 4) is 0 Å². The molecule has 0 aliphatic heterocycles. The second-order valence-corrected chi connectivity index (χ2v) is 5.91. The molecular formula is C12H15N3O2S. The first-order valence-electron chi connectivity index (χ1n) is 5.51. The summed E-state index contributed by atoms with van der Waals surface area (Å²) in [5, 5.41) is 6.70. The predicted octanol–water partition coefficient (Wildman–Crippen LogP) is 2.14. The smallest absolute Gasteiger partial charge is 0.262 e. The number of nitrogens with zero attached hydrogens (tertiary/aromatic N) is 1. The zero-order chi connectivity index (χ0) is 13.3. The summed E-state index contributed by atoms with van der Waals surface area (Å²) in [5.74, 6) is 0. The van der Waals surface area contributed by atoms with E-state index >= 15 is 0 Å². The first-order chi connectivity index (χ1) is 8.40. The molecule has 6 heteroatoms. The number of rotatable bonds is 3. The SMILES string of the molecule is Cc1cccc(S(=O)(=O)Nc2c(C)n[nH]c2C)c1. The lowest BCUT2D eigenvalue weighted by Crippen LogP contribution is -2.14. The van der Waals surface area contributed by atoms with Gasteiger partial charge in [0.15, 0.2) is 0 Å². The first-order valence-corrected chi connectivity index (χ1v) is 6.99. The molecule has 1 heterocycles. The standard InChI is InChI=1S/C12H15N3O2S/c1-8-5-4-6-11(7-8)18(16,17)15-12-9(2)13-14-10(12)3/h4-7,15H,1-3H3,(H,13,14). The first kappa shape index (κ1) is 12.6. The lowest BCUT2D eigenvalue weighted by Gasteiger charge is -2.08. The van der Waals surface area contributed by atoms with E-state index < -0.39 is 10.0 Å². The molecule has 0 amide bonds. The summed E-state index contributed by atoms with van der Waals surface area (Å²) in [6, 6.07) is 6.78. The normalized spacial score (nSPS) is 11.5. The van der Waals surface area contributed by atoms with Gasteiger partial charge in [-0.05, 0) is 38.5 Å². The van der Waals surface area contributed by atoms with Crippen LogP contribution in [0.15, 0.2) is 29.2 Å². The zero-order valence-electron chi connectivity index (χ0n) is 10.5. The lowest BCUT2D eigenvalue weighted by molar-refractivity contribution is 0.601. The van der Waals surface area contributed by atoms with Crippen LogP contribution >= 0.6 is 0 Å². The van der Waals surface area contributed by atoms with E-state index in [1.165, 1.54) is 0 Å². The van der Waals surface area contributed by atoms with E-state index in [1.54, 1.807) is 32.0 Å². The molecule has 18 heavy (non-hydrogen) atoms. The van der Waals surface area contributed by atoms with Crippen LogP contribution in [0.25, 0.3) is 0 Å². The molecule has 2 aromatic rings. The Morgan fingerprint density at radius 2 is 1.94 bits per heavy atom. The van der Waals surface area contributed by atoms with Gasteiger partial charge >= 0.3 is 0 Å². The second kappa shape index (κ2) is 4.45. The van der Waals surface area contributed by atoms with Gasteiger partial charge in [0.1, 0.15) is 0 Å². The van der Waals surface area contributed by atoms with Gasteiger partial charge in [-0.2, -0.15) is 5.10 Å². The highest BCUT2D eigenvalue weighted by atomic mass is 32.2. The van der Waals surface area contributed by atoms with E-state index in [1.807, 2.05) is 13.0 Å². The fraction of sp³-hybridized carbons (Fsp3) is 0.250. The number of anilines is 1. The second-order valence-electron chi connectivity index (χ2n) is 4.23. The molecular weight excluding hydrogens is 250 g/mol. The number of hydrogen-bond donors (Lipinski definition) is 2. The zero-order valence-corrected chi connectivity index (χ0v) is 11.3. The van der Waals surface area contributed by atoms with Gasteiger partial charge in [0, 0.05) is 0 Å². The van der Waals surface area contributed by atoms with Crippen molar-refractivity contribution >= 4 is 15.7 Å². The summed E-state index contributed by atoms with van der Waals surface area (Å²) in [5.41, 5.74) is 2.74. The van der Waals surface area contributed by atoms with E-state index in [9.17, 15) is 8.42 Å². The number of aromatic nitrogens is 2. The Morgan fingerprint density at radius 3 is 2.50 bits per heavy atom. The third-order valence-corrected chi connectivity index (χ3v) is 4.01. The molecule has 0 saturated carbocycles. The van der Waals surface area contributed by atoms with Crippen LogP contribution in [0, 0.1) is 20.8 Å². The average molecular weight is 265 g/mol. The fourth-order valence-corrected chi connectivity index (χ4v) is 2.96. The minimum Gasteiger partial charge on any atom is -0.280 e. The molecule has 2 rings (SSSR count). The molecule has 1 aromatic carbocycles. The summed E-state index contributed by atoms with van der Waals surface area (Å²) < 4.78 is 27.0. The van der Waals surface area contributed by atoms with Crippen LogP contribution in [-0.2, 0) is 10.0 Å². The molecule has 0 spiro atoms. The number of aromatic amines is 1. The Hall–Kier alpha value is -1.82. The number of nitrogens with one attached hydrogen (secondary N) is 2. The van der Waals surface area contributed by atoms with Crippen LogP contribution in [0.1, 0.15) is 17.0 Å². The molecule has 0 unspecified atom stereocenters. The van der Waals surface area contributed by atoms with Gasteiger partial charge in [0.2, 0.25) is 0 Å². The molecule has 0 atom stereocenters. The highest BCUT2D eigenvalue weighted by Crippen LogP contribution is 2.21. The van der Waals surface area contributed by atoms with E-state index in [0.717, 1.165) is 5.56 Å². The van der Waals surface area contributed by atoms with Crippen molar-refractivity contribution in [3.63, 3.8) is 0 Å². The number of aryl methyl sites for hydroxylation is 3. The number of H-pyrrole nitrogens is 1. The Labute approximate surface area is 106 Å². The Kier molecular flexibility index (Phi) is 3.13. The van der Waals surface area contributed by atoms with Gasteiger partial charge < -0.3 is 0 Å². The maximum atomic E-state index is 12.2. The van der Waals surface area contributed by atoms with Crippen molar-refractivity contribution in [2.75, 3.05) is 4.72 Å². The van der Waals surface area contributed by atoms with Gasteiger partial charge in [-0.1, -0.05) is 12.1 Å². The van der Waals surface area contributed by atoms with Crippen LogP contribution in [0.5, 0.6) is 0 Å². The fourth-order valence-electron chi connectivity index (χ4n) is 1.68. The maximum absolute atomic E-state index is 12.2. The number of hydrogen-bond acceptors (Lipinski definition) is 3. The molecule has 96 valence electrons.